The molecule has 2 heterocycles. The van der Waals surface area contributed by atoms with Gasteiger partial charge in [0.15, 0.2) is 9.84 Å². The van der Waals surface area contributed by atoms with Gasteiger partial charge < -0.3 is 9.64 Å². The van der Waals surface area contributed by atoms with Crippen LogP contribution in [0.5, 0.6) is 5.75 Å². The fraction of sp³-hybridized carbons (Fsp3) is 0.448. The lowest BCUT2D eigenvalue weighted by atomic mass is 9.89. The van der Waals surface area contributed by atoms with Crippen molar-refractivity contribution in [2.75, 3.05) is 39.8 Å². The summed E-state index contributed by atoms with van der Waals surface area (Å²) in [6.45, 7) is 4.35. The average Bonchev–Trinajstić information content (AvgIpc) is 2.93. The molecule has 2 aliphatic rings. The molecule has 1 aliphatic carbocycles. The largest absolute Gasteiger partial charge is 0.496 e. The number of sulfone groups is 1. The van der Waals surface area contributed by atoms with E-state index in [1.807, 2.05) is 17.0 Å². The van der Waals surface area contributed by atoms with Gasteiger partial charge in [0.2, 0.25) is 0 Å². The maximum atomic E-state index is 13.3. The van der Waals surface area contributed by atoms with Crippen molar-refractivity contribution in [3.8, 4) is 5.75 Å². The Morgan fingerprint density at radius 3 is 2.51 bits per heavy atom. The van der Waals surface area contributed by atoms with Crippen molar-refractivity contribution in [3.63, 3.8) is 0 Å². The van der Waals surface area contributed by atoms with Gasteiger partial charge in [0, 0.05) is 55.4 Å². The Bertz CT molecular complexity index is 1360. The summed E-state index contributed by atoms with van der Waals surface area (Å²) in [5.74, 6) is 0.927. The molecule has 0 spiro atoms. The van der Waals surface area contributed by atoms with Gasteiger partial charge in [-0.3, -0.25) is 14.7 Å². The number of para-hydroxylation sites is 1. The fourth-order valence-electron chi connectivity index (χ4n) is 5.66. The number of hydrogen-bond acceptors (Lipinski definition) is 6. The van der Waals surface area contributed by atoms with E-state index in [-0.39, 0.29) is 16.6 Å². The van der Waals surface area contributed by atoms with Gasteiger partial charge in [-0.15, -0.1) is 0 Å². The standard InChI is InChI=1S/C29H35N3O4S/c1-36-26-19-24(29(33)32-17-15-31(16-18-32)20-22-7-3-2-4-8-22)12-13-25(26)21-37(34,35)27-11-5-9-23-10-6-14-30-28(23)27/h5-6,9-14,19,22H,2-4,7-8,15-18,20-21H2,1H3. The molecule has 1 aliphatic heterocycles. The zero-order chi connectivity index (χ0) is 25.8. The van der Waals surface area contributed by atoms with Gasteiger partial charge in [0.25, 0.3) is 5.91 Å². The average molecular weight is 522 g/mol. The summed E-state index contributed by atoms with van der Waals surface area (Å²) in [5.41, 5.74) is 1.49. The van der Waals surface area contributed by atoms with Crippen molar-refractivity contribution >= 4 is 26.6 Å². The van der Waals surface area contributed by atoms with Crippen LogP contribution in [0.4, 0.5) is 0 Å². The Morgan fingerprint density at radius 2 is 1.76 bits per heavy atom. The van der Waals surface area contributed by atoms with Crippen LogP contribution in [-0.2, 0) is 15.6 Å². The monoisotopic (exact) mass is 521 g/mol. The van der Waals surface area contributed by atoms with Gasteiger partial charge >= 0.3 is 0 Å². The van der Waals surface area contributed by atoms with Crippen molar-refractivity contribution in [2.24, 2.45) is 5.92 Å². The molecular weight excluding hydrogens is 486 g/mol. The molecule has 2 aromatic carbocycles. The van der Waals surface area contributed by atoms with Crippen LogP contribution in [-0.4, -0.2) is 68.9 Å². The summed E-state index contributed by atoms with van der Waals surface area (Å²) in [5, 5.41) is 0.773. The molecule has 2 fully saturated rings. The van der Waals surface area contributed by atoms with Crippen LogP contribution < -0.4 is 4.74 Å². The number of carbonyl (C=O) groups excluding carboxylic acids is 1. The van der Waals surface area contributed by atoms with E-state index in [0.717, 1.165) is 30.9 Å². The van der Waals surface area contributed by atoms with Crippen molar-refractivity contribution in [1.29, 1.82) is 0 Å². The molecule has 7 nitrogen and oxygen atoms in total. The van der Waals surface area contributed by atoms with E-state index < -0.39 is 9.84 Å². The molecule has 0 radical (unpaired) electrons. The highest BCUT2D eigenvalue weighted by Gasteiger charge is 2.26. The first-order chi connectivity index (χ1) is 17.9. The quantitative estimate of drug-likeness (QED) is 0.454. The lowest BCUT2D eigenvalue weighted by Crippen LogP contribution is -2.49. The Hall–Kier alpha value is -2.97. The van der Waals surface area contributed by atoms with E-state index in [4.69, 9.17) is 4.74 Å². The zero-order valence-electron chi connectivity index (χ0n) is 21.4. The Balaban J connectivity index is 1.27. The van der Waals surface area contributed by atoms with E-state index in [9.17, 15) is 13.2 Å². The van der Waals surface area contributed by atoms with Crippen LogP contribution in [0.2, 0.25) is 0 Å². The van der Waals surface area contributed by atoms with Crippen molar-refractivity contribution in [1.82, 2.24) is 14.8 Å². The highest BCUT2D eigenvalue weighted by molar-refractivity contribution is 7.90. The molecule has 8 heteroatoms. The molecule has 0 unspecified atom stereocenters. The summed E-state index contributed by atoms with van der Waals surface area (Å²) >= 11 is 0. The maximum absolute atomic E-state index is 13.3. The third-order valence-corrected chi connectivity index (χ3v) is 9.40. The number of aromatic nitrogens is 1. The maximum Gasteiger partial charge on any atom is 0.254 e. The number of benzene rings is 2. The molecule has 0 bridgehead atoms. The minimum absolute atomic E-state index is 0.0386. The second kappa shape index (κ2) is 11.2. The summed E-state index contributed by atoms with van der Waals surface area (Å²) in [6, 6.07) is 13.9. The first-order valence-electron chi connectivity index (χ1n) is 13.2. The van der Waals surface area contributed by atoms with Gasteiger partial charge in [-0.1, -0.05) is 43.5 Å². The molecule has 1 amide bonds. The summed E-state index contributed by atoms with van der Waals surface area (Å²) < 4.78 is 32.2. The predicted octanol–water partition coefficient (Wildman–Crippen LogP) is 4.56. The number of methoxy groups -OCH3 is 1. The number of piperazine rings is 1. The molecule has 5 rings (SSSR count). The van der Waals surface area contributed by atoms with Crippen molar-refractivity contribution in [3.05, 3.63) is 65.9 Å². The molecule has 196 valence electrons. The van der Waals surface area contributed by atoms with E-state index in [0.29, 0.717) is 35.5 Å². The highest BCUT2D eigenvalue weighted by atomic mass is 32.2. The summed E-state index contributed by atoms with van der Waals surface area (Å²) in [7, 11) is -2.18. The van der Waals surface area contributed by atoms with E-state index in [1.54, 1.807) is 42.6 Å². The number of carbonyl (C=O) groups is 1. The first-order valence-corrected chi connectivity index (χ1v) is 14.8. The number of amides is 1. The third kappa shape index (κ3) is 5.80. The number of hydrogen-bond donors (Lipinski definition) is 0. The van der Waals surface area contributed by atoms with E-state index in [2.05, 4.69) is 9.88 Å². The zero-order valence-corrected chi connectivity index (χ0v) is 22.3. The van der Waals surface area contributed by atoms with Crippen LogP contribution in [0, 0.1) is 5.92 Å². The molecule has 3 aromatic rings. The number of fused-ring (bicyclic) bond motifs is 1. The smallest absolute Gasteiger partial charge is 0.254 e. The minimum Gasteiger partial charge on any atom is -0.496 e. The van der Waals surface area contributed by atoms with Gasteiger partial charge in [0.05, 0.1) is 23.3 Å². The molecule has 1 saturated heterocycles. The summed E-state index contributed by atoms with van der Waals surface area (Å²) in [6.07, 6.45) is 8.32. The normalized spacial score (nSPS) is 17.7. The van der Waals surface area contributed by atoms with Crippen LogP contribution in [0.3, 0.4) is 0 Å². The van der Waals surface area contributed by atoms with Gasteiger partial charge in [0.1, 0.15) is 5.75 Å². The molecule has 1 aromatic heterocycles. The van der Waals surface area contributed by atoms with E-state index >= 15 is 0 Å². The SMILES string of the molecule is COc1cc(C(=O)N2CCN(CC3CCCCC3)CC2)ccc1CS(=O)(=O)c1cccc2cccnc12. The lowest BCUT2D eigenvalue weighted by Gasteiger charge is -2.37. The van der Waals surface area contributed by atoms with Crippen LogP contribution in [0.1, 0.15) is 48.0 Å². The molecule has 0 atom stereocenters. The number of pyridine rings is 1. The van der Waals surface area contributed by atoms with Crippen molar-refractivity contribution in [2.45, 2.75) is 42.8 Å². The number of ether oxygens (including phenoxy) is 1. The number of rotatable bonds is 7. The molecule has 1 saturated carbocycles. The topological polar surface area (TPSA) is 79.8 Å². The third-order valence-electron chi connectivity index (χ3n) is 7.71. The second-order valence-corrected chi connectivity index (χ2v) is 12.2. The van der Waals surface area contributed by atoms with Crippen LogP contribution in [0.25, 0.3) is 10.9 Å². The van der Waals surface area contributed by atoms with E-state index in [1.165, 1.54) is 39.2 Å². The molecule has 0 N–H and O–H groups in total. The first kappa shape index (κ1) is 25.7. The predicted molar refractivity (Wildman–Crippen MR) is 145 cm³/mol. The second-order valence-electron chi connectivity index (χ2n) is 10.2. The van der Waals surface area contributed by atoms with Gasteiger partial charge in [-0.05, 0) is 43.0 Å². The molecule has 37 heavy (non-hydrogen) atoms. The van der Waals surface area contributed by atoms with Crippen LogP contribution in [0.15, 0.2) is 59.6 Å². The Kier molecular flexibility index (Phi) is 7.76. The van der Waals surface area contributed by atoms with Crippen molar-refractivity contribution < 1.29 is 17.9 Å². The Labute approximate surface area is 219 Å². The molecular formula is C29H35N3O4S. The number of nitrogens with zero attached hydrogens (tertiary/aromatic N) is 3. The lowest BCUT2D eigenvalue weighted by molar-refractivity contribution is 0.0606. The van der Waals surface area contributed by atoms with Gasteiger partial charge in [-0.25, -0.2) is 8.42 Å². The fourth-order valence-corrected chi connectivity index (χ4v) is 7.21. The highest BCUT2D eigenvalue weighted by Crippen LogP contribution is 2.29. The van der Waals surface area contributed by atoms with Crippen LogP contribution >= 0.6 is 0 Å². The minimum atomic E-state index is -3.69. The van der Waals surface area contributed by atoms with Gasteiger partial charge in [-0.2, -0.15) is 0 Å². The summed E-state index contributed by atoms with van der Waals surface area (Å²) in [4.78, 5) is 22.1. The Morgan fingerprint density at radius 1 is 1.00 bits per heavy atom.